The Morgan fingerprint density at radius 1 is 1.41 bits per heavy atom. The van der Waals surface area contributed by atoms with E-state index in [4.69, 9.17) is 4.74 Å². The molecule has 5 nitrogen and oxygen atoms in total. The highest BCUT2D eigenvalue weighted by atomic mass is 127. The zero-order chi connectivity index (χ0) is 18.8. The molecule has 0 bridgehead atoms. The van der Waals surface area contributed by atoms with E-state index in [1.54, 1.807) is 0 Å². The highest BCUT2D eigenvalue weighted by molar-refractivity contribution is 14.0. The van der Waals surface area contributed by atoms with Gasteiger partial charge in [0, 0.05) is 30.0 Å². The number of rotatable bonds is 6. The van der Waals surface area contributed by atoms with Crippen molar-refractivity contribution >= 4 is 41.3 Å². The number of ether oxygens (including phenoxy) is 1. The Balaban J connectivity index is 0.00000261. The molecule has 0 saturated heterocycles. The minimum absolute atomic E-state index is 0. The summed E-state index contributed by atoms with van der Waals surface area (Å²) in [6, 6.07) is 0.299. The highest BCUT2D eigenvalue weighted by Crippen LogP contribution is 2.57. The molecule has 2 fully saturated rings. The Morgan fingerprint density at radius 2 is 2.15 bits per heavy atom. The molecule has 2 aliphatic carbocycles. The Bertz CT molecular complexity index is 648. The van der Waals surface area contributed by atoms with Crippen LogP contribution in [-0.2, 0) is 17.5 Å². The monoisotopic (exact) mass is 518 g/mol. The van der Waals surface area contributed by atoms with Gasteiger partial charge in [-0.15, -0.1) is 35.3 Å². The maximum atomic E-state index is 12.6. The molecule has 1 aromatic rings. The number of aliphatic imine (C=N–C) groups is 1. The minimum Gasteiger partial charge on any atom is -0.378 e. The first-order chi connectivity index (χ1) is 12.4. The van der Waals surface area contributed by atoms with Crippen molar-refractivity contribution < 1.29 is 17.9 Å². The third kappa shape index (κ3) is 4.87. The van der Waals surface area contributed by atoms with E-state index in [2.05, 4.69) is 20.6 Å². The summed E-state index contributed by atoms with van der Waals surface area (Å²) in [5.41, 5.74) is -0.658. The van der Waals surface area contributed by atoms with E-state index in [-0.39, 0.29) is 35.9 Å². The van der Waals surface area contributed by atoms with Gasteiger partial charge in [0.1, 0.15) is 5.01 Å². The fourth-order valence-electron chi connectivity index (χ4n) is 3.79. The van der Waals surface area contributed by atoms with E-state index in [0.717, 1.165) is 42.6 Å². The Kier molecular flexibility index (Phi) is 7.77. The molecule has 0 aliphatic heterocycles. The van der Waals surface area contributed by atoms with E-state index in [1.165, 1.54) is 6.42 Å². The lowest BCUT2D eigenvalue weighted by Crippen LogP contribution is -2.68. The predicted molar refractivity (Wildman–Crippen MR) is 111 cm³/mol. The van der Waals surface area contributed by atoms with E-state index >= 15 is 0 Å². The molecule has 2 atom stereocenters. The molecule has 10 heteroatoms. The molecule has 2 unspecified atom stereocenters. The second kappa shape index (κ2) is 9.25. The number of nitrogens with one attached hydrogen (secondary N) is 2. The van der Waals surface area contributed by atoms with Crippen molar-refractivity contribution in [1.82, 2.24) is 15.6 Å². The molecule has 1 heterocycles. The van der Waals surface area contributed by atoms with Gasteiger partial charge in [0.2, 0.25) is 0 Å². The number of halogens is 4. The van der Waals surface area contributed by atoms with Crippen LogP contribution in [0.25, 0.3) is 0 Å². The number of hydrogen-bond acceptors (Lipinski definition) is 4. The zero-order valence-corrected chi connectivity index (χ0v) is 18.6. The fraction of sp³-hybridized carbons (Fsp3) is 0.765. The summed E-state index contributed by atoms with van der Waals surface area (Å²) in [5, 5.41) is 8.02. The lowest BCUT2D eigenvalue weighted by molar-refractivity contribution is -0.168. The van der Waals surface area contributed by atoms with Crippen molar-refractivity contribution in [2.75, 3.05) is 13.2 Å². The predicted octanol–water partition coefficient (Wildman–Crippen LogP) is 4.18. The fourth-order valence-corrected chi connectivity index (χ4v) is 4.51. The van der Waals surface area contributed by atoms with Crippen molar-refractivity contribution in [3.05, 3.63) is 16.1 Å². The average Bonchev–Trinajstić information content (AvgIpc) is 2.99. The van der Waals surface area contributed by atoms with Gasteiger partial charge >= 0.3 is 6.18 Å². The first-order valence-electron chi connectivity index (χ1n) is 9.07. The Morgan fingerprint density at radius 3 is 2.67 bits per heavy atom. The van der Waals surface area contributed by atoms with Crippen LogP contribution in [-0.4, -0.2) is 36.2 Å². The summed E-state index contributed by atoms with van der Waals surface area (Å²) >= 11 is 0.984. The van der Waals surface area contributed by atoms with Crippen molar-refractivity contribution in [2.45, 2.75) is 64.4 Å². The summed E-state index contributed by atoms with van der Waals surface area (Å²) in [6.07, 6.45) is 0.349. The van der Waals surface area contributed by atoms with Crippen LogP contribution >= 0.6 is 35.3 Å². The van der Waals surface area contributed by atoms with Crippen LogP contribution in [0.1, 0.15) is 50.2 Å². The number of guanidine groups is 1. The number of alkyl halides is 3. The topological polar surface area (TPSA) is 58.5 Å². The molecule has 3 rings (SSSR count). The summed E-state index contributed by atoms with van der Waals surface area (Å²) in [7, 11) is 0. The van der Waals surface area contributed by atoms with Gasteiger partial charge in [-0.25, -0.2) is 9.98 Å². The molecular formula is C17H26F3IN4OS. The van der Waals surface area contributed by atoms with Gasteiger partial charge in [0.05, 0.1) is 12.6 Å². The number of hydrogen-bond donors (Lipinski definition) is 2. The largest absolute Gasteiger partial charge is 0.434 e. The summed E-state index contributed by atoms with van der Waals surface area (Å²) < 4.78 is 43.8. The van der Waals surface area contributed by atoms with Gasteiger partial charge in [0.25, 0.3) is 0 Å². The molecular weight excluding hydrogens is 492 g/mol. The third-order valence-corrected chi connectivity index (χ3v) is 6.14. The molecule has 0 aromatic carbocycles. The molecule has 2 aliphatic rings. The van der Waals surface area contributed by atoms with Crippen molar-refractivity contribution in [3.8, 4) is 0 Å². The van der Waals surface area contributed by atoms with Gasteiger partial charge in [-0.1, -0.05) is 6.42 Å². The number of thiazole rings is 1. The third-order valence-electron chi connectivity index (χ3n) is 5.31. The van der Waals surface area contributed by atoms with E-state index in [1.807, 2.05) is 13.8 Å². The summed E-state index contributed by atoms with van der Waals surface area (Å²) in [5.74, 6) is 0.627. The average molecular weight is 518 g/mol. The molecule has 27 heavy (non-hydrogen) atoms. The standard InChI is InChI=1S/C17H25F3N4OS.HI/c1-3-21-15(22-9-14-23-12(10-26-14)17(18,19)20)24-11-8-13(25-4-2)16(11)6-5-7-16;/h10-11,13H,3-9H2,1-2H3,(H2,21,22,24);1H. The molecule has 154 valence electrons. The smallest absolute Gasteiger partial charge is 0.378 e. The van der Waals surface area contributed by atoms with Crippen molar-refractivity contribution in [3.63, 3.8) is 0 Å². The van der Waals surface area contributed by atoms with Gasteiger partial charge < -0.3 is 15.4 Å². The van der Waals surface area contributed by atoms with Gasteiger partial charge in [-0.2, -0.15) is 13.2 Å². The van der Waals surface area contributed by atoms with Gasteiger partial charge in [-0.3, -0.25) is 0 Å². The van der Waals surface area contributed by atoms with Crippen LogP contribution < -0.4 is 10.6 Å². The lowest BCUT2D eigenvalue weighted by atomic mass is 9.51. The van der Waals surface area contributed by atoms with Crippen molar-refractivity contribution in [1.29, 1.82) is 0 Å². The van der Waals surface area contributed by atoms with Crippen LogP contribution in [0.2, 0.25) is 0 Å². The van der Waals surface area contributed by atoms with E-state index in [9.17, 15) is 13.2 Å². The minimum atomic E-state index is -4.40. The van der Waals surface area contributed by atoms with E-state index in [0.29, 0.717) is 29.7 Å². The second-order valence-corrected chi connectivity index (χ2v) is 7.73. The molecule has 2 N–H and O–H groups in total. The molecule has 0 amide bonds. The second-order valence-electron chi connectivity index (χ2n) is 6.78. The van der Waals surface area contributed by atoms with Crippen LogP contribution in [0.4, 0.5) is 13.2 Å². The Hall–Kier alpha value is -0.620. The molecule has 1 spiro atoms. The normalized spacial score (nSPS) is 24.0. The van der Waals surface area contributed by atoms with E-state index < -0.39 is 11.9 Å². The van der Waals surface area contributed by atoms with Crippen LogP contribution in [0, 0.1) is 5.41 Å². The van der Waals surface area contributed by atoms with Crippen molar-refractivity contribution in [2.24, 2.45) is 10.4 Å². The highest BCUT2D eigenvalue weighted by Gasteiger charge is 2.59. The van der Waals surface area contributed by atoms with Crippen LogP contribution in [0.5, 0.6) is 0 Å². The number of aromatic nitrogens is 1. The molecule has 2 saturated carbocycles. The lowest BCUT2D eigenvalue weighted by Gasteiger charge is -2.61. The maximum Gasteiger partial charge on any atom is 0.434 e. The summed E-state index contributed by atoms with van der Waals surface area (Å²) in [6.45, 7) is 5.52. The first-order valence-corrected chi connectivity index (χ1v) is 9.95. The SMILES string of the molecule is CCNC(=NCc1nc(C(F)(F)F)cs1)NC1CC(OCC)C12CCC2.I. The molecule has 0 radical (unpaired) electrons. The zero-order valence-electron chi connectivity index (χ0n) is 15.4. The Labute approximate surface area is 178 Å². The maximum absolute atomic E-state index is 12.6. The van der Waals surface area contributed by atoms with Gasteiger partial charge in [0.15, 0.2) is 11.7 Å². The summed E-state index contributed by atoms with van der Waals surface area (Å²) in [4.78, 5) is 8.06. The quantitative estimate of drug-likeness (QED) is 0.337. The van der Waals surface area contributed by atoms with Crippen LogP contribution in [0.15, 0.2) is 10.4 Å². The van der Waals surface area contributed by atoms with Gasteiger partial charge in [-0.05, 0) is 33.1 Å². The number of nitrogens with zero attached hydrogens (tertiary/aromatic N) is 2. The van der Waals surface area contributed by atoms with Crippen LogP contribution in [0.3, 0.4) is 0 Å². The first kappa shape index (κ1) is 22.7. The molecule has 1 aromatic heterocycles.